The molecule has 4 N–H and O–H groups in total. The number of carbonyl (C=O) groups excluding carboxylic acids is 1. The fourth-order valence-corrected chi connectivity index (χ4v) is 5.16. The summed E-state index contributed by atoms with van der Waals surface area (Å²) in [5.41, 5.74) is 11.2. The maximum atomic E-state index is 12.5. The Morgan fingerprint density at radius 2 is 1.89 bits per heavy atom. The Balaban J connectivity index is 1.95. The zero-order chi connectivity index (χ0) is 25.5. The van der Waals surface area contributed by atoms with E-state index in [0.717, 1.165) is 28.8 Å². The van der Waals surface area contributed by atoms with Crippen LogP contribution in [0.25, 0.3) is 0 Å². The minimum Gasteiger partial charge on any atom is -0.494 e. The highest BCUT2D eigenvalue weighted by atomic mass is 16.5. The Kier molecular flexibility index (Phi) is 9.01. The normalized spacial score (nSPS) is 14.9. The number of ether oxygens (including phenoxy) is 1. The van der Waals surface area contributed by atoms with Crippen LogP contribution in [0, 0.1) is 12.8 Å². The van der Waals surface area contributed by atoms with E-state index >= 15 is 0 Å². The molecule has 1 unspecified atom stereocenters. The van der Waals surface area contributed by atoms with Crippen molar-refractivity contribution in [2.24, 2.45) is 5.92 Å². The van der Waals surface area contributed by atoms with Crippen LogP contribution in [0.4, 0.5) is 11.4 Å². The molecule has 1 amide bonds. The van der Waals surface area contributed by atoms with Crippen LogP contribution in [0.5, 0.6) is 5.75 Å². The van der Waals surface area contributed by atoms with Gasteiger partial charge in [0, 0.05) is 33.0 Å². The highest BCUT2D eigenvalue weighted by Gasteiger charge is 2.23. The van der Waals surface area contributed by atoms with Gasteiger partial charge in [0.2, 0.25) is 5.91 Å². The number of hydrogen-bond donors (Lipinski definition) is 3. The SMILES string of the molecule is CNc1c(N)cc(C(CC(=O)O)c2ccc(C)c(CN(CC3CCCCC3)C(C)=O)c2)cc1OC. The van der Waals surface area contributed by atoms with Gasteiger partial charge in [-0.2, -0.15) is 0 Å². The van der Waals surface area contributed by atoms with E-state index in [1.54, 1.807) is 21.1 Å². The van der Waals surface area contributed by atoms with Crippen molar-refractivity contribution >= 4 is 23.3 Å². The largest absolute Gasteiger partial charge is 0.494 e. The summed E-state index contributed by atoms with van der Waals surface area (Å²) in [7, 11) is 3.33. The van der Waals surface area contributed by atoms with Crippen LogP contribution < -0.4 is 15.8 Å². The number of carboxylic acids is 1. The predicted molar refractivity (Wildman–Crippen MR) is 140 cm³/mol. The lowest BCUT2D eigenvalue weighted by Gasteiger charge is -2.30. The van der Waals surface area contributed by atoms with E-state index in [1.165, 1.54) is 32.1 Å². The molecule has 0 aromatic heterocycles. The maximum Gasteiger partial charge on any atom is 0.304 e. The third-order valence-corrected chi connectivity index (χ3v) is 7.19. The number of nitrogens with zero attached hydrogens (tertiary/aromatic N) is 1. The molecule has 190 valence electrons. The van der Waals surface area contributed by atoms with E-state index in [2.05, 4.69) is 5.32 Å². The van der Waals surface area contributed by atoms with Gasteiger partial charge in [-0.25, -0.2) is 0 Å². The third kappa shape index (κ3) is 6.68. The van der Waals surface area contributed by atoms with Gasteiger partial charge in [-0.3, -0.25) is 9.59 Å². The Morgan fingerprint density at radius 1 is 1.17 bits per heavy atom. The molecule has 2 aromatic rings. The summed E-state index contributed by atoms with van der Waals surface area (Å²) in [4.78, 5) is 26.3. The number of rotatable bonds is 10. The summed E-state index contributed by atoms with van der Waals surface area (Å²) in [5.74, 6) is -0.104. The van der Waals surface area contributed by atoms with E-state index < -0.39 is 11.9 Å². The summed E-state index contributed by atoms with van der Waals surface area (Å²) in [5, 5.41) is 12.7. The molecule has 0 aliphatic heterocycles. The maximum absolute atomic E-state index is 12.5. The summed E-state index contributed by atoms with van der Waals surface area (Å²) in [6.07, 6.45) is 6.03. The lowest BCUT2D eigenvalue weighted by Crippen LogP contribution is -2.34. The number of aryl methyl sites for hydroxylation is 1. The van der Waals surface area contributed by atoms with E-state index in [0.29, 0.717) is 29.6 Å². The molecule has 0 bridgehead atoms. The van der Waals surface area contributed by atoms with Gasteiger partial charge < -0.3 is 25.8 Å². The number of benzene rings is 2. The molecule has 7 heteroatoms. The Bertz CT molecular complexity index is 1050. The number of anilines is 2. The van der Waals surface area contributed by atoms with Gasteiger partial charge in [0.05, 0.1) is 24.9 Å². The van der Waals surface area contributed by atoms with Gasteiger partial charge >= 0.3 is 5.97 Å². The summed E-state index contributed by atoms with van der Waals surface area (Å²) < 4.78 is 5.51. The van der Waals surface area contributed by atoms with Gasteiger partial charge in [0.25, 0.3) is 0 Å². The quantitative estimate of drug-likeness (QED) is 0.405. The second kappa shape index (κ2) is 12.0. The Hall–Kier alpha value is -3.22. The van der Waals surface area contributed by atoms with Crippen molar-refractivity contribution in [3.8, 4) is 5.75 Å². The van der Waals surface area contributed by atoms with Gasteiger partial charge in [-0.1, -0.05) is 37.5 Å². The highest BCUT2D eigenvalue weighted by Crippen LogP contribution is 2.38. The third-order valence-electron chi connectivity index (χ3n) is 7.19. The van der Waals surface area contributed by atoms with Crippen LogP contribution in [0.3, 0.4) is 0 Å². The topological polar surface area (TPSA) is 105 Å². The van der Waals surface area contributed by atoms with Crippen LogP contribution in [0.15, 0.2) is 30.3 Å². The number of amides is 1. The zero-order valence-corrected chi connectivity index (χ0v) is 21.4. The second-order valence-corrected chi connectivity index (χ2v) is 9.68. The molecule has 0 radical (unpaired) electrons. The molecule has 1 atom stereocenters. The standard InChI is InChI=1S/C28H39N3O4/c1-18-10-11-21(12-23(18)17-31(19(2)32)16-20-8-6-5-7-9-20)24(15-27(33)34)22-13-25(29)28(30-3)26(14-22)35-4/h10-14,20,24,30H,5-9,15-17,29H2,1-4H3,(H,33,34). The summed E-state index contributed by atoms with van der Waals surface area (Å²) in [6.45, 7) is 4.97. The number of carbonyl (C=O) groups is 2. The molecular formula is C28H39N3O4. The van der Waals surface area contributed by atoms with Gasteiger partial charge in [0.15, 0.2) is 0 Å². The van der Waals surface area contributed by atoms with Crippen LogP contribution >= 0.6 is 0 Å². The van der Waals surface area contributed by atoms with E-state index in [4.69, 9.17) is 10.5 Å². The van der Waals surface area contributed by atoms with Gasteiger partial charge in [0.1, 0.15) is 5.75 Å². The van der Waals surface area contributed by atoms with Crippen molar-refractivity contribution in [2.45, 2.75) is 64.8 Å². The number of hydrogen-bond acceptors (Lipinski definition) is 5. The van der Waals surface area contributed by atoms with Crippen LogP contribution in [-0.2, 0) is 16.1 Å². The first-order chi connectivity index (χ1) is 16.7. The van der Waals surface area contributed by atoms with E-state index in [9.17, 15) is 14.7 Å². The average molecular weight is 482 g/mol. The lowest BCUT2D eigenvalue weighted by molar-refractivity contribution is -0.137. The van der Waals surface area contributed by atoms with Gasteiger partial charge in [-0.15, -0.1) is 0 Å². The fourth-order valence-electron chi connectivity index (χ4n) is 5.16. The molecule has 0 spiro atoms. The first-order valence-corrected chi connectivity index (χ1v) is 12.4. The molecule has 0 heterocycles. The molecule has 35 heavy (non-hydrogen) atoms. The van der Waals surface area contributed by atoms with E-state index in [-0.39, 0.29) is 12.3 Å². The monoisotopic (exact) mass is 481 g/mol. The Labute approximate surface area is 208 Å². The van der Waals surface area contributed by atoms with Crippen molar-refractivity contribution < 1.29 is 19.4 Å². The number of nitrogens with two attached hydrogens (primary N) is 1. The van der Waals surface area contributed by atoms with Gasteiger partial charge in [-0.05, 0) is 60.1 Å². The number of nitrogens with one attached hydrogen (secondary N) is 1. The summed E-state index contributed by atoms with van der Waals surface area (Å²) >= 11 is 0. The number of aliphatic carboxylic acids is 1. The molecule has 7 nitrogen and oxygen atoms in total. The second-order valence-electron chi connectivity index (χ2n) is 9.68. The molecule has 0 saturated heterocycles. The van der Waals surface area contributed by atoms with Crippen LogP contribution in [0.2, 0.25) is 0 Å². The number of nitrogen functional groups attached to an aromatic ring is 1. The smallest absolute Gasteiger partial charge is 0.304 e. The first kappa shape index (κ1) is 26.4. The van der Waals surface area contributed by atoms with Crippen molar-refractivity contribution in [3.05, 3.63) is 52.6 Å². The lowest BCUT2D eigenvalue weighted by atomic mass is 9.86. The predicted octanol–water partition coefficient (Wildman–Crippen LogP) is 5.16. The molecule has 1 aliphatic rings. The average Bonchev–Trinajstić information content (AvgIpc) is 2.83. The first-order valence-electron chi connectivity index (χ1n) is 12.4. The Morgan fingerprint density at radius 3 is 2.49 bits per heavy atom. The van der Waals surface area contributed by atoms with E-state index in [1.807, 2.05) is 42.2 Å². The number of carboxylic acid groups (broad SMARTS) is 1. The number of methoxy groups -OCH3 is 1. The van der Waals surface area contributed by atoms with Crippen molar-refractivity contribution in [1.82, 2.24) is 4.90 Å². The molecule has 2 aromatic carbocycles. The molecular weight excluding hydrogens is 442 g/mol. The van der Waals surface area contributed by atoms with Crippen LogP contribution in [0.1, 0.15) is 73.6 Å². The minimum atomic E-state index is -0.894. The summed E-state index contributed by atoms with van der Waals surface area (Å²) in [6, 6.07) is 9.70. The van der Waals surface area contributed by atoms with Crippen molar-refractivity contribution in [3.63, 3.8) is 0 Å². The van der Waals surface area contributed by atoms with Crippen LogP contribution in [-0.4, -0.2) is 42.6 Å². The zero-order valence-electron chi connectivity index (χ0n) is 21.4. The molecule has 1 aliphatic carbocycles. The molecule has 3 rings (SSSR count). The fraction of sp³-hybridized carbons (Fsp3) is 0.500. The minimum absolute atomic E-state index is 0.0719. The molecule has 1 saturated carbocycles. The molecule has 1 fully saturated rings. The van der Waals surface area contributed by atoms with Crippen molar-refractivity contribution in [1.29, 1.82) is 0 Å². The van der Waals surface area contributed by atoms with Crippen molar-refractivity contribution in [2.75, 3.05) is 31.8 Å². The highest BCUT2D eigenvalue weighted by molar-refractivity contribution is 5.76.